The summed E-state index contributed by atoms with van der Waals surface area (Å²) in [6, 6.07) is 5.43. The van der Waals surface area contributed by atoms with Crippen molar-refractivity contribution in [3.63, 3.8) is 0 Å². The number of hydrogen-bond donors (Lipinski definition) is 1. The first kappa shape index (κ1) is 10.9. The third kappa shape index (κ3) is 3.26. The normalized spacial score (nSPS) is 12.4. The first-order valence-corrected chi connectivity index (χ1v) is 4.84. The minimum atomic E-state index is -0.831. The Labute approximate surface area is 83.8 Å². The summed E-state index contributed by atoms with van der Waals surface area (Å²) in [7, 11) is 0. The molecule has 1 rings (SSSR count). The molecule has 0 saturated carbocycles. The van der Waals surface area contributed by atoms with Crippen LogP contribution in [0.25, 0.3) is 0 Å². The lowest BCUT2D eigenvalue weighted by Gasteiger charge is -2.06. The number of carbonyl (C=O) groups excluding carboxylic acids is 1. The summed E-state index contributed by atoms with van der Waals surface area (Å²) in [6.45, 7) is 1.94. The van der Waals surface area contributed by atoms with Gasteiger partial charge in [-0.2, -0.15) is 0 Å². The molecule has 1 aromatic heterocycles. The largest absolute Gasteiger partial charge is 0.385 e. The third-order valence-corrected chi connectivity index (χ3v) is 2.02. The summed E-state index contributed by atoms with van der Waals surface area (Å²) >= 11 is 0. The topological polar surface area (TPSA) is 50.2 Å². The predicted molar refractivity (Wildman–Crippen MR) is 53.9 cm³/mol. The molecular weight excluding hydrogens is 178 g/mol. The Morgan fingerprint density at radius 3 is 2.93 bits per heavy atom. The van der Waals surface area contributed by atoms with Gasteiger partial charge in [-0.1, -0.05) is 19.4 Å². The van der Waals surface area contributed by atoms with Gasteiger partial charge in [-0.25, -0.2) is 0 Å². The van der Waals surface area contributed by atoms with Crippen molar-refractivity contribution in [3.8, 4) is 0 Å². The molecule has 0 aromatic carbocycles. The van der Waals surface area contributed by atoms with Crippen molar-refractivity contribution in [2.75, 3.05) is 0 Å². The molecule has 76 valence electrons. The Morgan fingerprint density at radius 2 is 2.36 bits per heavy atom. The van der Waals surface area contributed by atoms with Crippen LogP contribution in [0, 0.1) is 0 Å². The molecule has 1 heterocycles. The first-order chi connectivity index (χ1) is 6.74. The van der Waals surface area contributed by atoms with Crippen LogP contribution in [0.5, 0.6) is 0 Å². The average molecular weight is 193 g/mol. The van der Waals surface area contributed by atoms with Crippen LogP contribution < -0.4 is 0 Å². The van der Waals surface area contributed by atoms with Crippen LogP contribution in [0.15, 0.2) is 24.4 Å². The second-order valence-electron chi connectivity index (χ2n) is 3.27. The fraction of sp³-hybridized carbons (Fsp3) is 0.455. The van der Waals surface area contributed by atoms with Gasteiger partial charge in [0.1, 0.15) is 6.10 Å². The van der Waals surface area contributed by atoms with E-state index in [4.69, 9.17) is 0 Å². The standard InChI is InChI=1S/C11H15NO2/c1-2-5-10(13)11(14)8-9-6-3-4-7-12-9/h3-4,6-7,10,13H,2,5,8H2,1H3. The van der Waals surface area contributed by atoms with Crippen LogP contribution in [0.4, 0.5) is 0 Å². The van der Waals surface area contributed by atoms with Gasteiger partial charge in [0.15, 0.2) is 5.78 Å². The Balaban J connectivity index is 2.49. The van der Waals surface area contributed by atoms with Crippen molar-refractivity contribution in [3.05, 3.63) is 30.1 Å². The molecule has 0 bridgehead atoms. The zero-order chi connectivity index (χ0) is 10.4. The van der Waals surface area contributed by atoms with Crippen LogP contribution in [0.1, 0.15) is 25.5 Å². The van der Waals surface area contributed by atoms with Crippen molar-refractivity contribution < 1.29 is 9.90 Å². The van der Waals surface area contributed by atoms with E-state index >= 15 is 0 Å². The van der Waals surface area contributed by atoms with E-state index in [0.717, 1.165) is 6.42 Å². The first-order valence-electron chi connectivity index (χ1n) is 4.84. The molecule has 0 saturated heterocycles. The maximum Gasteiger partial charge on any atom is 0.167 e. The molecule has 0 aliphatic carbocycles. The molecule has 3 nitrogen and oxygen atoms in total. The van der Waals surface area contributed by atoms with Crippen molar-refractivity contribution in [2.24, 2.45) is 0 Å². The maximum absolute atomic E-state index is 11.4. The molecule has 3 heteroatoms. The van der Waals surface area contributed by atoms with E-state index in [1.165, 1.54) is 0 Å². The zero-order valence-electron chi connectivity index (χ0n) is 8.31. The minimum Gasteiger partial charge on any atom is -0.385 e. The van der Waals surface area contributed by atoms with Crippen molar-refractivity contribution in [1.29, 1.82) is 0 Å². The Kier molecular flexibility index (Phi) is 4.26. The van der Waals surface area contributed by atoms with E-state index in [0.29, 0.717) is 12.1 Å². The summed E-state index contributed by atoms with van der Waals surface area (Å²) in [6.07, 6.45) is 2.39. The summed E-state index contributed by atoms with van der Waals surface area (Å²) < 4.78 is 0. The number of ketones is 1. The molecule has 1 aromatic rings. The third-order valence-electron chi connectivity index (χ3n) is 2.02. The molecule has 1 unspecified atom stereocenters. The molecule has 0 radical (unpaired) electrons. The van der Waals surface area contributed by atoms with Gasteiger partial charge >= 0.3 is 0 Å². The van der Waals surface area contributed by atoms with Gasteiger partial charge in [-0.15, -0.1) is 0 Å². The van der Waals surface area contributed by atoms with Gasteiger partial charge in [0.25, 0.3) is 0 Å². The average Bonchev–Trinajstić information content (AvgIpc) is 2.19. The number of aliphatic hydroxyl groups excluding tert-OH is 1. The molecule has 0 amide bonds. The Hall–Kier alpha value is -1.22. The summed E-state index contributed by atoms with van der Waals surface area (Å²) in [5.74, 6) is -0.148. The number of rotatable bonds is 5. The number of pyridine rings is 1. The fourth-order valence-electron chi connectivity index (χ4n) is 1.23. The summed E-state index contributed by atoms with van der Waals surface area (Å²) in [4.78, 5) is 15.4. The number of aromatic nitrogens is 1. The molecule has 0 fully saturated rings. The molecule has 14 heavy (non-hydrogen) atoms. The lowest BCUT2D eigenvalue weighted by molar-refractivity contribution is -0.126. The Bertz CT molecular complexity index is 285. The SMILES string of the molecule is CCCC(O)C(=O)Cc1ccccn1. The molecule has 1 atom stereocenters. The van der Waals surface area contributed by atoms with Crippen molar-refractivity contribution in [2.45, 2.75) is 32.3 Å². The highest BCUT2D eigenvalue weighted by molar-refractivity contribution is 5.84. The lowest BCUT2D eigenvalue weighted by atomic mass is 10.1. The van der Waals surface area contributed by atoms with Gasteiger partial charge in [0, 0.05) is 11.9 Å². The highest BCUT2D eigenvalue weighted by Crippen LogP contribution is 2.03. The van der Waals surface area contributed by atoms with Crippen molar-refractivity contribution >= 4 is 5.78 Å². The van der Waals surface area contributed by atoms with Gasteiger partial charge < -0.3 is 5.11 Å². The van der Waals surface area contributed by atoms with Gasteiger partial charge in [-0.05, 0) is 18.6 Å². The van der Waals surface area contributed by atoms with E-state index in [-0.39, 0.29) is 12.2 Å². The number of nitrogens with zero attached hydrogens (tertiary/aromatic N) is 1. The van der Waals surface area contributed by atoms with E-state index in [1.54, 1.807) is 18.3 Å². The van der Waals surface area contributed by atoms with Crippen LogP contribution >= 0.6 is 0 Å². The minimum absolute atomic E-state index is 0.148. The number of Topliss-reactive ketones (excluding diaryl/α,β-unsaturated/α-hetero) is 1. The zero-order valence-corrected chi connectivity index (χ0v) is 8.31. The number of aliphatic hydroxyl groups is 1. The maximum atomic E-state index is 11.4. The van der Waals surface area contributed by atoms with Crippen LogP contribution in [-0.2, 0) is 11.2 Å². The summed E-state index contributed by atoms with van der Waals surface area (Å²) in [5.41, 5.74) is 0.715. The monoisotopic (exact) mass is 193 g/mol. The second-order valence-corrected chi connectivity index (χ2v) is 3.27. The van der Waals surface area contributed by atoms with Crippen molar-refractivity contribution in [1.82, 2.24) is 4.98 Å². The highest BCUT2D eigenvalue weighted by atomic mass is 16.3. The molecular formula is C11H15NO2. The van der Waals surface area contributed by atoms with Crippen LogP contribution in [-0.4, -0.2) is 22.0 Å². The molecule has 0 aliphatic rings. The molecule has 1 N–H and O–H groups in total. The fourth-order valence-corrected chi connectivity index (χ4v) is 1.23. The van der Waals surface area contributed by atoms with E-state index in [9.17, 15) is 9.90 Å². The Morgan fingerprint density at radius 1 is 1.57 bits per heavy atom. The number of hydrogen-bond acceptors (Lipinski definition) is 3. The summed E-state index contributed by atoms with van der Waals surface area (Å²) in [5, 5.41) is 9.40. The quantitative estimate of drug-likeness (QED) is 0.768. The second kappa shape index (κ2) is 5.50. The van der Waals surface area contributed by atoms with E-state index in [1.807, 2.05) is 13.0 Å². The van der Waals surface area contributed by atoms with Gasteiger partial charge in [0.2, 0.25) is 0 Å². The van der Waals surface area contributed by atoms with E-state index in [2.05, 4.69) is 4.98 Å². The lowest BCUT2D eigenvalue weighted by Crippen LogP contribution is -2.22. The van der Waals surface area contributed by atoms with Crippen LogP contribution in [0.2, 0.25) is 0 Å². The highest BCUT2D eigenvalue weighted by Gasteiger charge is 2.14. The van der Waals surface area contributed by atoms with Gasteiger partial charge in [-0.3, -0.25) is 9.78 Å². The smallest absolute Gasteiger partial charge is 0.167 e. The van der Waals surface area contributed by atoms with Gasteiger partial charge in [0.05, 0.1) is 6.42 Å². The molecule has 0 aliphatic heterocycles. The van der Waals surface area contributed by atoms with Crippen LogP contribution in [0.3, 0.4) is 0 Å². The number of carbonyl (C=O) groups is 1. The predicted octanol–water partition coefficient (Wildman–Crippen LogP) is 1.35. The van der Waals surface area contributed by atoms with E-state index < -0.39 is 6.10 Å². The molecule has 0 spiro atoms.